The van der Waals surface area contributed by atoms with Gasteiger partial charge in [-0.1, -0.05) is 43.9 Å². The fourth-order valence-corrected chi connectivity index (χ4v) is 5.09. The fourth-order valence-electron chi connectivity index (χ4n) is 4.80. The van der Waals surface area contributed by atoms with Crippen molar-refractivity contribution in [3.05, 3.63) is 56.6 Å². The maximum absolute atomic E-state index is 12.5. The van der Waals surface area contributed by atoms with Gasteiger partial charge in [-0.2, -0.15) is 0 Å². The van der Waals surface area contributed by atoms with Gasteiger partial charge in [-0.15, -0.1) is 0 Å². The molecule has 0 radical (unpaired) electrons. The number of rotatable bonds is 12. The summed E-state index contributed by atoms with van der Waals surface area (Å²) >= 11 is 6.34. The molecule has 0 atom stereocenters. The van der Waals surface area contributed by atoms with Crippen molar-refractivity contribution < 1.29 is 28.9 Å². The molecule has 3 rings (SSSR count). The summed E-state index contributed by atoms with van der Waals surface area (Å²) in [5, 5.41) is 15.3. The molecule has 0 unspecified atom stereocenters. The Balaban J connectivity index is 2.17. The largest absolute Gasteiger partial charge is 0.545 e. The first-order chi connectivity index (χ1) is 17.3. The highest BCUT2D eigenvalue weighted by molar-refractivity contribution is 6.34. The van der Waals surface area contributed by atoms with Gasteiger partial charge in [0.05, 0.1) is 36.5 Å². The third kappa shape index (κ3) is 5.46. The zero-order valence-electron chi connectivity index (χ0n) is 21.5. The van der Waals surface area contributed by atoms with E-state index in [2.05, 4.69) is 12.2 Å². The molecule has 1 aliphatic rings. The number of carbonyl (C=O) groups excluding carboxylic acids is 2. The van der Waals surface area contributed by atoms with Crippen molar-refractivity contribution in [3.63, 3.8) is 0 Å². The number of carbonyl (C=O) groups is 2. The second-order valence-electron chi connectivity index (χ2n) is 8.75. The summed E-state index contributed by atoms with van der Waals surface area (Å²) in [7, 11) is 4.86. The monoisotopic (exact) mass is 514 g/mol. The van der Waals surface area contributed by atoms with Crippen molar-refractivity contribution in [3.8, 4) is 11.5 Å². The van der Waals surface area contributed by atoms with Crippen LogP contribution in [0.3, 0.4) is 0 Å². The van der Waals surface area contributed by atoms with Crippen molar-refractivity contribution in [2.45, 2.75) is 59.0 Å². The van der Waals surface area contributed by atoms with E-state index < -0.39 is 5.97 Å². The van der Waals surface area contributed by atoms with Crippen LogP contribution in [0.5, 0.6) is 11.5 Å². The minimum atomic E-state index is -1.35. The van der Waals surface area contributed by atoms with Crippen LogP contribution in [0.2, 0.25) is 5.02 Å². The average molecular weight is 515 g/mol. The summed E-state index contributed by atoms with van der Waals surface area (Å²) in [6.45, 7) is 4.26. The standard InChI is InChI=1S/C28H34ClNO6/c1-6-7-8-9-10-17(20-13-18(34-4)14-22(29)23(20)27(31)32)11-12-19-25(30-3)24-21(15-36-28(24)33)16(2)26(19)35-5/h11,13-14,30H,6-10,12,15H2,1-5H3,(H,31,32)/p-1/b17-11+. The number of carboxylic acids is 1. The first-order valence-electron chi connectivity index (χ1n) is 12.1. The smallest absolute Gasteiger partial charge is 0.341 e. The van der Waals surface area contributed by atoms with Crippen molar-refractivity contribution in [2.24, 2.45) is 0 Å². The predicted molar refractivity (Wildman–Crippen MR) is 139 cm³/mol. The van der Waals surface area contributed by atoms with Crippen molar-refractivity contribution in [2.75, 3.05) is 26.6 Å². The number of nitrogens with one attached hydrogen (secondary N) is 1. The zero-order valence-corrected chi connectivity index (χ0v) is 22.3. The van der Waals surface area contributed by atoms with Crippen molar-refractivity contribution in [1.82, 2.24) is 0 Å². The Bertz CT molecular complexity index is 1190. The number of carboxylic acid groups (broad SMARTS) is 1. The molecule has 1 N–H and O–H groups in total. The molecule has 0 saturated carbocycles. The number of cyclic esters (lactones) is 1. The number of fused-ring (bicyclic) bond motifs is 1. The molecular formula is C28H33ClNO6-. The maximum Gasteiger partial charge on any atom is 0.341 e. The number of halogens is 1. The van der Waals surface area contributed by atoms with Gasteiger partial charge in [-0.25, -0.2) is 4.79 Å². The van der Waals surface area contributed by atoms with Crippen molar-refractivity contribution >= 4 is 34.8 Å². The number of aromatic carboxylic acids is 1. The highest BCUT2D eigenvalue weighted by Crippen LogP contribution is 2.42. The number of hydrogen-bond donors (Lipinski definition) is 1. The first-order valence-corrected chi connectivity index (χ1v) is 12.5. The Morgan fingerprint density at radius 3 is 2.58 bits per heavy atom. The van der Waals surface area contributed by atoms with Gasteiger partial charge in [0.25, 0.3) is 0 Å². The fraction of sp³-hybridized carbons (Fsp3) is 0.429. The molecule has 7 nitrogen and oxygen atoms in total. The van der Waals surface area contributed by atoms with Crippen LogP contribution in [0, 0.1) is 6.92 Å². The number of methoxy groups -OCH3 is 2. The van der Waals surface area contributed by atoms with E-state index in [1.807, 2.05) is 13.0 Å². The van der Waals surface area contributed by atoms with Gasteiger partial charge in [-0.05, 0) is 55.0 Å². The van der Waals surface area contributed by atoms with Gasteiger partial charge in [0.2, 0.25) is 0 Å². The average Bonchev–Trinajstić information content (AvgIpc) is 3.24. The van der Waals surface area contributed by atoms with E-state index in [0.29, 0.717) is 41.2 Å². The Labute approximate surface area is 217 Å². The summed E-state index contributed by atoms with van der Waals surface area (Å²) < 4.78 is 16.4. The number of anilines is 1. The van der Waals surface area contributed by atoms with E-state index in [1.54, 1.807) is 20.2 Å². The number of unbranched alkanes of at least 4 members (excludes halogenated alkanes) is 3. The highest BCUT2D eigenvalue weighted by atomic mass is 35.5. The summed E-state index contributed by atoms with van der Waals surface area (Å²) in [5.74, 6) is -0.587. The normalized spacial score (nSPS) is 12.8. The van der Waals surface area contributed by atoms with E-state index in [4.69, 9.17) is 25.8 Å². The Kier molecular flexibility index (Phi) is 9.26. The lowest BCUT2D eigenvalue weighted by Gasteiger charge is -2.20. The van der Waals surface area contributed by atoms with Gasteiger partial charge >= 0.3 is 5.97 Å². The van der Waals surface area contributed by atoms with Gasteiger partial charge in [0.1, 0.15) is 18.1 Å². The molecule has 2 aromatic rings. The summed E-state index contributed by atoms with van der Waals surface area (Å²) in [5.41, 5.74) is 4.86. The van der Waals surface area contributed by atoms with E-state index in [1.165, 1.54) is 13.2 Å². The Morgan fingerprint density at radius 2 is 1.97 bits per heavy atom. The molecule has 0 amide bonds. The van der Waals surface area contributed by atoms with Crippen molar-refractivity contribution in [1.29, 1.82) is 0 Å². The molecule has 2 aromatic carbocycles. The highest BCUT2D eigenvalue weighted by Gasteiger charge is 2.31. The Morgan fingerprint density at radius 1 is 1.22 bits per heavy atom. The van der Waals surface area contributed by atoms with Crippen LogP contribution in [0.1, 0.15) is 82.0 Å². The molecule has 0 aromatic heterocycles. The number of hydrogen-bond acceptors (Lipinski definition) is 7. The second kappa shape index (κ2) is 12.2. The van der Waals surface area contributed by atoms with Crippen LogP contribution in [0.15, 0.2) is 18.2 Å². The van der Waals surface area contributed by atoms with E-state index >= 15 is 0 Å². The lowest BCUT2D eigenvalue weighted by Crippen LogP contribution is -2.24. The van der Waals surface area contributed by atoms with Crippen LogP contribution in [-0.4, -0.2) is 33.2 Å². The van der Waals surface area contributed by atoms with E-state index in [-0.39, 0.29) is 23.2 Å². The van der Waals surface area contributed by atoms with Crippen LogP contribution in [-0.2, 0) is 17.8 Å². The molecule has 0 saturated heterocycles. The number of esters is 1. The lowest BCUT2D eigenvalue weighted by molar-refractivity contribution is -0.255. The number of benzene rings is 2. The van der Waals surface area contributed by atoms with Crippen LogP contribution >= 0.6 is 11.6 Å². The second-order valence-corrected chi connectivity index (χ2v) is 9.16. The summed E-state index contributed by atoms with van der Waals surface area (Å²) in [4.78, 5) is 24.6. The first kappa shape index (κ1) is 27.4. The van der Waals surface area contributed by atoms with E-state index in [0.717, 1.165) is 47.9 Å². The number of allylic oxidation sites excluding steroid dienone is 2. The van der Waals surface area contributed by atoms with Crippen LogP contribution in [0.4, 0.5) is 5.69 Å². The molecule has 8 heteroatoms. The minimum Gasteiger partial charge on any atom is -0.545 e. The molecule has 0 spiro atoms. The molecule has 0 fully saturated rings. The molecule has 0 bridgehead atoms. The SMILES string of the molecule is CCCCCC/C(=C\Cc1c(NC)c2c(c(C)c1OC)COC2=O)c1cc(OC)cc(Cl)c1C(=O)[O-]. The summed E-state index contributed by atoms with van der Waals surface area (Å²) in [6, 6.07) is 3.16. The topological polar surface area (TPSA) is 96.9 Å². The summed E-state index contributed by atoms with van der Waals surface area (Å²) in [6.07, 6.45) is 7.09. The molecular weight excluding hydrogens is 482 g/mol. The van der Waals surface area contributed by atoms with Gasteiger partial charge in [-0.3, -0.25) is 0 Å². The van der Waals surface area contributed by atoms with Gasteiger partial charge in [0, 0.05) is 23.7 Å². The number of ether oxygens (including phenoxy) is 3. The third-order valence-electron chi connectivity index (χ3n) is 6.63. The molecule has 36 heavy (non-hydrogen) atoms. The minimum absolute atomic E-state index is 0.0614. The quantitative estimate of drug-likeness (QED) is 0.301. The Hall–Kier alpha value is -3.19. The van der Waals surface area contributed by atoms with Gasteiger partial charge < -0.3 is 29.4 Å². The maximum atomic E-state index is 12.5. The van der Waals surface area contributed by atoms with Crippen LogP contribution in [0.25, 0.3) is 5.57 Å². The molecule has 1 heterocycles. The molecule has 0 aliphatic carbocycles. The lowest BCUT2D eigenvalue weighted by atomic mass is 9.90. The zero-order chi connectivity index (χ0) is 26.4. The molecule has 1 aliphatic heterocycles. The van der Waals surface area contributed by atoms with Crippen LogP contribution < -0.4 is 19.9 Å². The van der Waals surface area contributed by atoms with Gasteiger partial charge in [0.15, 0.2) is 0 Å². The predicted octanol–water partition coefficient (Wildman–Crippen LogP) is 5.34. The third-order valence-corrected chi connectivity index (χ3v) is 6.93. The van der Waals surface area contributed by atoms with E-state index in [9.17, 15) is 14.7 Å². The molecule has 194 valence electrons.